The van der Waals surface area contributed by atoms with Crippen LogP contribution in [0, 0.1) is 0 Å². The minimum absolute atomic E-state index is 0. The van der Waals surface area contributed by atoms with E-state index in [9.17, 15) is 4.79 Å². The highest BCUT2D eigenvalue weighted by atomic mass is 35.5. The number of hydrogen-bond acceptors (Lipinski definition) is 5. The molecule has 0 spiro atoms. The van der Waals surface area contributed by atoms with Crippen LogP contribution in [0.4, 0.5) is 5.69 Å². The molecule has 0 bridgehead atoms. The summed E-state index contributed by atoms with van der Waals surface area (Å²) >= 11 is 3.14. The molecule has 1 amide bonds. The number of benzene rings is 2. The number of amidine groups is 1. The molecule has 8 heteroatoms. The van der Waals surface area contributed by atoms with Gasteiger partial charge < -0.3 is 4.57 Å². The highest BCUT2D eigenvalue weighted by Gasteiger charge is 2.33. The molecule has 0 N–H and O–H groups in total. The van der Waals surface area contributed by atoms with E-state index in [-0.39, 0.29) is 18.3 Å². The van der Waals surface area contributed by atoms with E-state index >= 15 is 0 Å². The van der Waals surface area contributed by atoms with Crippen LogP contribution in [0.3, 0.4) is 0 Å². The molecule has 2 heterocycles. The Morgan fingerprint density at radius 1 is 1.10 bits per heavy atom. The molecule has 0 radical (unpaired) electrons. The number of aryl methyl sites for hydroxylation is 1. The first kappa shape index (κ1) is 23.2. The second-order valence-corrected chi connectivity index (χ2v) is 8.61. The van der Waals surface area contributed by atoms with Crippen molar-refractivity contribution < 1.29 is 4.79 Å². The SMILES string of the molecule is CSc1ccc(/C=C2\SC(=Nc3ccccc3)N(CCCn3ccnc3)C2=O)cc1.Cl. The van der Waals surface area contributed by atoms with Gasteiger partial charge in [-0.15, -0.1) is 24.2 Å². The van der Waals surface area contributed by atoms with Gasteiger partial charge in [-0.2, -0.15) is 0 Å². The fraction of sp³-hybridized carbons (Fsp3) is 0.174. The normalized spacial score (nSPS) is 16.2. The number of hydrogen-bond donors (Lipinski definition) is 0. The van der Waals surface area contributed by atoms with E-state index in [0.717, 1.165) is 29.4 Å². The molecule has 160 valence electrons. The molecule has 0 atom stereocenters. The van der Waals surface area contributed by atoms with Crippen LogP contribution in [0.15, 0.2) is 88.1 Å². The summed E-state index contributed by atoms with van der Waals surface area (Å²) in [4.78, 5) is 25.7. The molecule has 0 aliphatic carbocycles. The van der Waals surface area contributed by atoms with Crippen molar-refractivity contribution in [2.24, 2.45) is 4.99 Å². The third kappa shape index (κ3) is 6.03. The van der Waals surface area contributed by atoms with Gasteiger partial charge in [0.2, 0.25) is 0 Å². The number of thioether (sulfide) groups is 2. The lowest BCUT2D eigenvalue weighted by Gasteiger charge is -2.15. The van der Waals surface area contributed by atoms with E-state index in [1.165, 1.54) is 16.7 Å². The second-order valence-electron chi connectivity index (χ2n) is 6.72. The Bertz CT molecular complexity index is 1050. The second kappa shape index (κ2) is 11.2. The third-order valence-electron chi connectivity index (χ3n) is 4.64. The number of halogens is 1. The average molecular weight is 471 g/mol. The monoisotopic (exact) mass is 470 g/mol. The number of rotatable bonds is 7. The molecule has 4 rings (SSSR count). The maximum Gasteiger partial charge on any atom is 0.266 e. The summed E-state index contributed by atoms with van der Waals surface area (Å²) in [6, 6.07) is 18.0. The summed E-state index contributed by atoms with van der Waals surface area (Å²) < 4.78 is 2.02. The van der Waals surface area contributed by atoms with Crippen molar-refractivity contribution in [1.29, 1.82) is 0 Å². The van der Waals surface area contributed by atoms with Crippen LogP contribution < -0.4 is 0 Å². The molecule has 5 nitrogen and oxygen atoms in total. The standard InChI is InChI=1S/C23H22N4OS2.ClH/c1-29-20-10-8-18(9-11-20)16-21-22(28)27(14-5-13-26-15-12-24-17-26)23(30-21)25-19-6-3-2-4-7-19;/h2-4,6-12,15-17H,5,13-14H2,1H3;1H/b21-16-,25-23?;. The van der Waals surface area contributed by atoms with E-state index in [2.05, 4.69) is 23.4 Å². The lowest BCUT2D eigenvalue weighted by atomic mass is 10.2. The van der Waals surface area contributed by atoms with Gasteiger partial charge in [0.1, 0.15) is 0 Å². The Labute approximate surface area is 197 Å². The zero-order valence-corrected chi connectivity index (χ0v) is 19.5. The van der Waals surface area contributed by atoms with Gasteiger partial charge in [0, 0.05) is 30.4 Å². The van der Waals surface area contributed by atoms with Crippen LogP contribution in [-0.4, -0.2) is 38.3 Å². The maximum atomic E-state index is 13.2. The third-order valence-corrected chi connectivity index (χ3v) is 6.39. The van der Waals surface area contributed by atoms with Gasteiger partial charge in [0.05, 0.1) is 16.9 Å². The molecule has 1 aliphatic heterocycles. The van der Waals surface area contributed by atoms with Crippen LogP contribution in [0.5, 0.6) is 0 Å². The van der Waals surface area contributed by atoms with E-state index < -0.39 is 0 Å². The molecule has 0 saturated carbocycles. The first-order valence-corrected chi connectivity index (χ1v) is 11.7. The van der Waals surface area contributed by atoms with Crippen molar-refractivity contribution in [2.45, 2.75) is 17.9 Å². The Morgan fingerprint density at radius 2 is 1.87 bits per heavy atom. The predicted molar refractivity (Wildman–Crippen MR) is 133 cm³/mol. The molecule has 0 unspecified atom stereocenters. The Kier molecular flexibility index (Phi) is 8.40. The summed E-state index contributed by atoms with van der Waals surface area (Å²) in [7, 11) is 0. The van der Waals surface area contributed by atoms with Crippen molar-refractivity contribution >= 4 is 58.8 Å². The van der Waals surface area contributed by atoms with Gasteiger partial charge in [0.15, 0.2) is 5.17 Å². The van der Waals surface area contributed by atoms with Gasteiger partial charge in [-0.05, 0) is 60.3 Å². The lowest BCUT2D eigenvalue weighted by molar-refractivity contribution is -0.122. The molecule has 1 aliphatic rings. The van der Waals surface area contributed by atoms with Gasteiger partial charge >= 0.3 is 0 Å². The summed E-state index contributed by atoms with van der Waals surface area (Å²) in [5.74, 6) is 0.00857. The van der Waals surface area contributed by atoms with Crippen LogP contribution in [-0.2, 0) is 11.3 Å². The molecular weight excluding hydrogens is 448 g/mol. The molecule has 1 fully saturated rings. The molecule has 3 aromatic rings. The van der Waals surface area contributed by atoms with Gasteiger partial charge in [-0.25, -0.2) is 9.98 Å². The van der Waals surface area contributed by atoms with Crippen molar-refractivity contribution in [1.82, 2.24) is 14.5 Å². The number of aliphatic imine (C=N–C) groups is 1. The van der Waals surface area contributed by atoms with Crippen molar-refractivity contribution in [2.75, 3.05) is 12.8 Å². The summed E-state index contributed by atoms with van der Waals surface area (Å²) in [6.45, 7) is 1.42. The Morgan fingerprint density at radius 3 is 2.55 bits per heavy atom. The fourth-order valence-corrected chi connectivity index (χ4v) is 4.52. The van der Waals surface area contributed by atoms with Gasteiger partial charge in [-0.3, -0.25) is 9.69 Å². The molecule has 31 heavy (non-hydrogen) atoms. The topological polar surface area (TPSA) is 50.5 Å². The average Bonchev–Trinajstić information content (AvgIpc) is 3.39. The zero-order valence-electron chi connectivity index (χ0n) is 17.0. The number of para-hydroxylation sites is 1. The smallest absolute Gasteiger partial charge is 0.266 e. The Hall–Kier alpha value is -2.48. The number of carbonyl (C=O) groups excluding carboxylic acids is 1. The molecular formula is C23H23ClN4OS2. The van der Waals surface area contributed by atoms with Crippen LogP contribution in [0.1, 0.15) is 12.0 Å². The molecule has 1 saturated heterocycles. The minimum atomic E-state index is 0. The van der Waals surface area contributed by atoms with Crippen LogP contribution >= 0.6 is 35.9 Å². The van der Waals surface area contributed by atoms with Crippen LogP contribution in [0.25, 0.3) is 6.08 Å². The Balaban J connectivity index is 0.00000272. The van der Waals surface area contributed by atoms with E-state index in [0.29, 0.717) is 11.4 Å². The minimum Gasteiger partial charge on any atom is -0.337 e. The fourth-order valence-electron chi connectivity index (χ4n) is 3.08. The highest BCUT2D eigenvalue weighted by Crippen LogP contribution is 2.34. The first-order valence-electron chi connectivity index (χ1n) is 9.68. The van der Waals surface area contributed by atoms with Crippen molar-refractivity contribution in [3.8, 4) is 0 Å². The van der Waals surface area contributed by atoms with Crippen molar-refractivity contribution in [3.05, 3.63) is 83.8 Å². The summed E-state index contributed by atoms with van der Waals surface area (Å²) in [5, 5.41) is 0.726. The number of imidazole rings is 1. The van der Waals surface area contributed by atoms with E-state index in [4.69, 9.17) is 4.99 Å². The number of aromatic nitrogens is 2. The molecule has 2 aromatic carbocycles. The molecule has 1 aromatic heterocycles. The summed E-state index contributed by atoms with van der Waals surface area (Å²) in [6.07, 6.45) is 10.3. The van der Waals surface area contributed by atoms with E-state index in [1.807, 2.05) is 59.3 Å². The lowest BCUT2D eigenvalue weighted by Crippen LogP contribution is -2.30. The van der Waals surface area contributed by atoms with Crippen LogP contribution in [0.2, 0.25) is 0 Å². The zero-order chi connectivity index (χ0) is 20.8. The van der Waals surface area contributed by atoms with E-state index in [1.54, 1.807) is 29.2 Å². The number of nitrogens with zero attached hydrogens (tertiary/aromatic N) is 4. The number of carbonyl (C=O) groups is 1. The predicted octanol–water partition coefficient (Wildman–Crippen LogP) is 5.72. The summed E-state index contributed by atoms with van der Waals surface area (Å²) in [5.41, 5.74) is 1.86. The van der Waals surface area contributed by atoms with Gasteiger partial charge in [-0.1, -0.05) is 30.3 Å². The maximum absolute atomic E-state index is 13.2. The van der Waals surface area contributed by atoms with Gasteiger partial charge in [0.25, 0.3) is 5.91 Å². The largest absolute Gasteiger partial charge is 0.337 e. The first-order chi connectivity index (χ1) is 14.7. The number of amides is 1. The van der Waals surface area contributed by atoms with Crippen molar-refractivity contribution in [3.63, 3.8) is 0 Å². The highest BCUT2D eigenvalue weighted by molar-refractivity contribution is 8.18. The quantitative estimate of drug-likeness (QED) is 0.327.